The number of rotatable bonds is 5. The third kappa shape index (κ3) is 3.96. The summed E-state index contributed by atoms with van der Waals surface area (Å²) >= 11 is 6.13. The molecule has 0 fully saturated rings. The summed E-state index contributed by atoms with van der Waals surface area (Å²) in [6.45, 7) is 2.12. The van der Waals surface area contributed by atoms with E-state index >= 15 is 0 Å². The number of aryl methyl sites for hydroxylation is 1. The number of para-hydroxylation sites is 1. The molecule has 1 aromatic heterocycles. The Bertz CT molecular complexity index is 789. The molecule has 23 heavy (non-hydrogen) atoms. The van der Waals surface area contributed by atoms with Gasteiger partial charge in [-0.25, -0.2) is 0 Å². The Morgan fingerprint density at radius 1 is 1.00 bits per heavy atom. The van der Waals surface area contributed by atoms with Crippen LogP contribution in [0, 0.1) is 0 Å². The van der Waals surface area contributed by atoms with Gasteiger partial charge in [-0.05, 0) is 36.2 Å². The first-order valence-corrected chi connectivity index (χ1v) is 7.69. The van der Waals surface area contributed by atoms with Crippen LogP contribution in [0.4, 0.5) is 23.1 Å². The van der Waals surface area contributed by atoms with Gasteiger partial charge in [0.05, 0.1) is 16.9 Å². The van der Waals surface area contributed by atoms with Gasteiger partial charge in [-0.1, -0.05) is 42.8 Å². The number of aromatic nitrogens is 3. The molecule has 0 saturated carbocycles. The first kappa shape index (κ1) is 15.2. The Labute approximate surface area is 139 Å². The summed E-state index contributed by atoms with van der Waals surface area (Å²) in [5.41, 5.74) is 2.97. The Morgan fingerprint density at radius 2 is 1.78 bits per heavy atom. The molecule has 0 aliphatic rings. The zero-order valence-corrected chi connectivity index (χ0v) is 13.4. The maximum absolute atomic E-state index is 6.13. The van der Waals surface area contributed by atoms with Crippen molar-refractivity contribution in [2.24, 2.45) is 0 Å². The van der Waals surface area contributed by atoms with Crippen molar-refractivity contribution in [3.63, 3.8) is 0 Å². The minimum absolute atomic E-state index is 0.423. The molecule has 3 aromatic rings. The predicted octanol–water partition coefficient (Wildman–Crippen LogP) is 4.57. The standard InChI is InChI=1S/C17H16ClN5/c1-2-12-7-9-13(10-8-12)20-17-22-16(11-19-23-17)21-15-6-4-3-5-14(15)18/h3-11H,2H2,1H3,(H2,20,21,22,23). The van der Waals surface area contributed by atoms with E-state index in [9.17, 15) is 0 Å². The fourth-order valence-corrected chi connectivity index (χ4v) is 2.25. The normalized spacial score (nSPS) is 10.3. The van der Waals surface area contributed by atoms with Crippen molar-refractivity contribution in [1.29, 1.82) is 0 Å². The van der Waals surface area contributed by atoms with E-state index in [4.69, 9.17) is 11.6 Å². The Hall–Kier alpha value is -2.66. The minimum Gasteiger partial charge on any atom is -0.338 e. The number of hydrogen-bond donors (Lipinski definition) is 2. The second kappa shape index (κ2) is 7.07. The lowest BCUT2D eigenvalue weighted by atomic mass is 10.1. The number of hydrogen-bond acceptors (Lipinski definition) is 5. The zero-order chi connectivity index (χ0) is 16.1. The number of nitrogens with zero attached hydrogens (tertiary/aromatic N) is 3. The topological polar surface area (TPSA) is 62.7 Å². The van der Waals surface area contributed by atoms with E-state index in [0.29, 0.717) is 16.8 Å². The molecule has 0 aliphatic carbocycles. The lowest BCUT2D eigenvalue weighted by Gasteiger charge is -2.09. The molecule has 0 spiro atoms. The van der Waals surface area contributed by atoms with Crippen LogP contribution in [0.2, 0.25) is 5.02 Å². The lowest BCUT2D eigenvalue weighted by molar-refractivity contribution is 0.982. The van der Waals surface area contributed by atoms with E-state index < -0.39 is 0 Å². The predicted molar refractivity (Wildman–Crippen MR) is 93.7 cm³/mol. The lowest BCUT2D eigenvalue weighted by Crippen LogP contribution is -2.02. The highest BCUT2D eigenvalue weighted by Crippen LogP contribution is 2.24. The summed E-state index contributed by atoms with van der Waals surface area (Å²) < 4.78 is 0. The summed E-state index contributed by atoms with van der Waals surface area (Å²) in [5, 5.41) is 14.8. The molecule has 0 amide bonds. The summed E-state index contributed by atoms with van der Waals surface area (Å²) in [6, 6.07) is 15.6. The highest BCUT2D eigenvalue weighted by Gasteiger charge is 2.04. The second-order valence-corrected chi connectivity index (χ2v) is 5.35. The molecule has 1 heterocycles. The van der Waals surface area contributed by atoms with Crippen LogP contribution in [0.1, 0.15) is 12.5 Å². The number of halogens is 1. The molecular weight excluding hydrogens is 310 g/mol. The maximum Gasteiger partial charge on any atom is 0.249 e. The van der Waals surface area contributed by atoms with Crippen molar-refractivity contribution in [2.75, 3.05) is 10.6 Å². The molecule has 0 bridgehead atoms. The molecule has 0 radical (unpaired) electrons. The molecule has 116 valence electrons. The van der Waals surface area contributed by atoms with Gasteiger partial charge in [0.2, 0.25) is 5.95 Å². The highest BCUT2D eigenvalue weighted by atomic mass is 35.5. The highest BCUT2D eigenvalue weighted by molar-refractivity contribution is 6.33. The van der Waals surface area contributed by atoms with E-state index in [2.05, 4.69) is 44.9 Å². The third-order valence-electron chi connectivity index (χ3n) is 3.31. The average Bonchev–Trinajstić information content (AvgIpc) is 2.58. The molecule has 5 nitrogen and oxygen atoms in total. The molecule has 0 saturated heterocycles. The van der Waals surface area contributed by atoms with E-state index in [0.717, 1.165) is 17.8 Å². The van der Waals surface area contributed by atoms with Crippen molar-refractivity contribution in [3.8, 4) is 0 Å². The van der Waals surface area contributed by atoms with Crippen molar-refractivity contribution in [1.82, 2.24) is 15.2 Å². The van der Waals surface area contributed by atoms with Crippen LogP contribution >= 0.6 is 11.6 Å². The van der Waals surface area contributed by atoms with Gasteiger partial charge in [0, 0.05) is 5.69 Å². The van der Waals surface area contributed by atoms with Crippen LogP contribution in [0.25, 0.3) is 0 Å². The van der Waals surface area contributed by atoms with Crippen molar-refractivity contribution in [3.05, 3.63) is 65.3 Å². The zero-order valence-electron chi connectivity index (χ0n) is 12.6. The summed E-state index contributed by atoms with van der Waals surface area (Å²) in [6.07, 6.45) is 2.56. The molecule has 2 N–H and O–H groups in total. The van der Waals surface area contributed by atoms with Gasteiger partial charge in [-0.2, -0.15) is 10.1 Å². The second-order valence-electron chi connectivity index (χ2n) is 4.95. The quantitative estimate of drug-likeness (QED) is 0.719. The van der Waals surface area contributed by atoms with Crippen LogP contribution in [0.15, 0.2) is 54.7 Å². The Balaban J connectivity index is 1.75. The number of anilines is 4. The molecule has 6 heteroatoms. The van der Waals surface area contributed by atoms with Gasteiger partial charge >= 0.3 is 0 Å². The maximum atomic E-state index is 6.13. The number of nitrogens with one attached hydrogen (secondary N) is 2. The van der Waals surface area contributed by atoms with E-state index in [-0.39, 0.29) is 0 Å². The molecular formula is C17H16ClN5. The van der Waals surface area contributed by atoms with Crippen molar-refractivity contribution < 1.29 is 0 Å². The smallest absolute Gasteiger partial charge is 0.249 e. The third-order valence-corrected chi connectivity index (χ3v) is 3.64. The van der Waals surface area contributed by atoms with Crippen LogP contribution in [-0.4, -0.2) is 15.2 Å². The van der Waals surface area contributed by atoms with Crippen LogP contribution in [-0.2, 0) is 6.42 Å². The minimum atomic E-state index is 0.423. The largest absolute Gasteiger partial charge is 0.338 e. The SMILES string of the molecule is CCc1ccc(Nc2nncc(Nc3ccccc3Cl)n2)cc1. The first-order valence-electron chi connectivity index (χ1n) is 7.32. The molecule has 0 aliphatic heterocycles. The van der Waals surface area contributed by atoms with Gasteiger partial charge in [-0.15, -0.1) is 5.10 Å². The fourth-order valence-electron chi connectivity index (χ4n) is 2.07. The van der Waals surface area contributed by atoms with Gasteiger partial charge in [0.1, 0.15) is 0 Å². The van der Waals surface area contributed by atoms with Crippen LogP contribution < -0.4 is 10.6 Å². The van der Waals surface area contributed by atoms with Gasteiger partial charge in [-0.3, -0.25) is 0 Å². The van der Waals surface area contributed by atoms with Crippen LogP contribution in [0.5, 0.6) is 0 Å². The van der Waals surface area contributed by atoms with Gasteiger partial charge < -0.3 is 10.6 Å². The van der Waals surface area contributed by atoms with Gasteiger partial charge in [0.15, 0.2) is 5.82 Å². The molecule has 3 rings (SSSR count). The Morgan fingerprint density at radius 3 is 2.52 bits per heavy atom. The summed E-state index contributed by atoms with van der Waals surface area (Å²) in [5.74, 6) is 0.993. The molecule has 0 atom stereocenters. The van der Waals surface area contributed by atoms with Gasteiger partial charge in [0.25, 0.3) is 0 Å². The summed E-state index contributed by atoms with van der Waals surface area (Å²) in [7, 11) is 0. The summed E-state index contributed by atoms with van der Waals surface area (Å²) in [4.78, 5) is 4.39. The van der Waals surface area contributed by atoms with E-state index in [1.807, 2.05) is 36.4 Å². The molecule has 0 unspecified atom stereocenters. The van der Waals surface area contributed by atoms with E-state index in [1.165, 1.54) is 5.56 Å². The molecule has 2 aromatic carbocycles. The van der Waals surface area contributed by atoms with E-state index in [1.54, 1.807) is 6.20 Å². The Kier molecular flexibility index (Phi) is 4.68. The van der Waals surface area contributed by atoms with Crippen LogP contribution in [0.3, 0.4) is 0 Å². The van der Waals surface area contributed by atoms with Crippen molar-refractivity contribution in [2.45, 2.75) is 13.3 Å². The average molecular weight is 326 g/mol. The first-order chi connectivity index (χ1) is 11.2. The van der Waals surface area contributed by atoms with Crippen molar-refractivity contribution >= 4 is 34.7 Å². The fraction of sp³-hybridized carbons (Fsp3) is 0.118. The monoisotopic (exact) mass is 325 g/mol. The number of benzene rings is 2.